The lowest BCUT2D eigenvalue weighted by Crippen LogP contribution is -2.32. The molecular formula is C11H15N3O4. The minimum absolute atomic E-state index is 0.0307. The van der Waals surface area contributed by atoms with E-state index in [1.807, 2.05) is 0 Å². The summed E-state index contributed by atoms with van der Waals surface area (Å²) in [4.78, 5) is 21.5. The summed E-state index contributed by atoms with van der Waals surface area (Å²) in [5, 5.41) is 2.50. The second kappa shape index (κ2) is 7.00. The standard InChI is InChI=1S/C11H15N3O4/c12-8-1-3-9(4-2-8)18-7-10(15)14-5-6-17-11(13)16/h1-4H,5-7,12H2,(H2,13,16)(H,14,15). The van der Waals surface area contributed by atoms with E-state index in [9.17, 15) is 9.59 Å². The Bertz CT molecular complexity index is 405. The van der Waals surface area contributed by atoms with E-state index in [-0.39, 0.29) is 25.7 Å². The van der Waals surface area contributed by atoms with E-state index in [4.69, 9.17) is 16.2 Å². The average Bonchev–Trinajstić information content (AvgIpc) is 2.34. The van der Waals surface area contributed by atoms with Gasteiger partial charge in [0, 0.05) is 5.69 Å². The molecule has 0 aliphatic heterocycles. The van der Waals surface area contributed by atoms with Crippen LogP contribution in [-0.2, 0) is 9.53 Å². The number of hydrogen-bond donors (Lipinski definition) is 3. The number of ether oxygens (including phenoxy) is 2. The first-order valence-corrected chi connectivity index (χ1v) is 5.25. The van der Waals surface area contributed by atoms with Gasteiger partial charge in [-0.25, -0.2) is 4.79 Å². The lowest BCUT2D eigenvalue weighted by Gasteiger charge is -2.07. The number of carbonyl (C=O) groups excluding carboxylic acids is 2. The van der Waals surface area contributed by atoms with E-state index in [1.165, 1.54) is 0 Å². The van der Waals surface area contributed by atoms with Crippen LogP contribution in [0.5, 0.6) is 5.75 Å². The van der Waals surface area contributed by atoms with Crippen LogP contribution in [-0.4, -0.2) is 31.8 Å². The highest BCUT2D eigenvalue weighted by molar-refractivity contribution is 5.77. The molecule has 0 saturated heterocycles. The summed E-state index contributed by atoms with van der Waals surface area (Å²) in [6, 6.07) is 6.68. The molecule has 98 valence electrons. The molecule has 5 N–H and O–H groups in total. The minimum atomic E-state index is -0.873. The zero-order valence-corrected chi connectivity index (χ0v) is 9.72. The minimum Gasteiger partial charge on any atom is -0.484 e. The molecule has 0 aliphatic rings. The zero-order chi connectivity index (χ0) is 13.4. The molecule has 1 rings (SSSR count). The monoisotopic (exact) mass is 253 g/mol. The molecule has 0 atom stereocenters. The molecule has 0 saturated carbocycles. The van der Waals surface area contributed by atoms with Crippen molar-refractivity contribution >= 4 is 17.7 Å². The molecule has 0 bridgehead atoms. The van der Waals surface area contributed by atoms with Gasteiger partial charge in [-0.05, 0) is 24.3 Å². The number of rotatable bonds is 6. The highest BCUT2D eigenvalue weighted by Crippen LogP contribution is 2.12. The largest absolute Gasteiger partial charge is 0.484 e. The van der Waals surface area contributed by atoms with Crippen LogP contribution in [0.15, 0.2) is 24.3 Å². The Balaban J connectivity index is 2.17. The molecule has 0 fully saturated rings. The lowest BCUT2D eigenvalue weighted by atomic mass is 10.3. The fourth-order valence-corrected chi connectivity index (χ4v) is 1.11. The normalized spacial score (nSPS) is 9.56. The van der Waals surface area contributed by atoms with Gasteiger partial charge in [0.25, 0.3) is 5.91 Å². The zero-order valence-electron chi connectivity index (χ0n) is 9.72. The van der Waals surface area contributed by atoms with Gasteiger partial charge in [0.1, 0.15) is 12.4 Å². The molecule has 0 radical (unpaired) electrons. The van der Waals surface area contributed by atoms with Gasteiger partial charge in [0.2, 0.25) is 0 Å². The SMILES string of the molecule is NC(=O)OCCNC(=O)COc1ccc(N)cc1. The number of anilines is 1. The van der Waals surface area contributed by atoms with Gasteiger partial charge in [-0.15, -0.1) is 0 Å². The average molecular weight is 253 g/mol. The summed E-state index contributed by atoms with van der Waals surface area (Å²) < 4.78 is 9.64. The first-order chi connectivity index (χ1) is 8.58. The highest BCUT2D eigenvalue weighted by Gasteiger charge is 2.02. The molecule has 7 heteroatoms. The summed E-state index contributed by atoms with van der Waals surface area (Å²) in [7, 11) is 0. The molecule has 1 aromatic rings. The molecule has 7 nitrogen and oxygen atoms in total. The fourth-order valence-electron chi connectivity index (χ4n) is 1.11. The van der Waals surface area contributed by atoms with Crippen LogP contribution in [0.3, 0.4) is 0 Å². The van der Waals surface area contributed by atoms with Crippen LogP contribution in [0.2, 0.25) is 0 Å². The Kier molecular flexibility index (Phi) is 5.30. The van der Waals surface area contributed by atoms with Crippen molar-refractivity contribution in [2.45, 2.75) is 0 Å². The van der Waals surface area contributed by atoms with Crippen LogP contribution < -0.4 is 21.5 Å². The van der Waals surface area contributed by atoms with Crippen molar-refractivity contribution in [3.8, 4) is 5.75 Å². The number of benzene rings is 1. The van der Waals surface area contributed by atoms with E-state index >= 15 is 0 Å². The van der Waals surface area contributed by atoms with E-state index in [1.54, 1.807) is 24.3 Å². The summed E-state index contributed by atoms with van der Waals surface area (Å²) in [5.74, 6) is 0.229. The van der Waals surface area contributed by atoms with Crippen LogP contribution >= 0.6 is 0 Å². The molecule has 0 unspecified atom stereocenters. The topological polar surface area (TPSA) is 117 Å². The third-order valence-corrected chi connectivity index (χ3v) is 1.92. The second-order valence-electron chi connectivity index (χ2n) is 3.38. The quantitative estimate of drug-likeness (QED) is 0.482. The predicted octanol–water partition coefficient (Wildman–Crippen LogP) is -0.141. The molecule has 18 heavy (non-hydrogen) atoms. The van der Waals surface area contributed by atoms with Crippen molar-refractivity contribution in [1.82, 2.24) is 5.32 Å². The Morgan fingerprint density at radius 3 is 2.50 bits per heavy atom. The van der Waals surface area contributed by atoms with Crippen molar-refractivity contribution in [3.63, 3.8) is 0 Å². The molecule has 0 aromatic heterocycles. The second-order valence-corrected chi connectivity index (χ2v) is 3.38. The van der Waals surface area contributed by atoms with E-state index in [0.717, 1.165) is 0 Å². The van der Waals surface area contributed by atoms with Gasteiger partial charge in [0.05, 0.1) is 6.54 Å². The van der Waals surface area contributed by atoms with Gasteiger partial charge < -0.3 is 26.3 Å². The summed E-state index contributed by atoms with van der Waals surface area (Å²) in [5.41, 5.74) is 10.9. The molecule has 1 aromatic carbocycles. The smallest absolute Gasteiger partial charge is 0.404 e. The van der Waals surface area contributed by atoms with E-state index < -0.39 is 6.09 Å². The maximum Gasteiger partial charge on any atom is 0.404 e. The van der Waals surface area contributed by atoms with Crippen LogP contribution in [0.4, 0.5) is 10.5 Å². The van der Waals surface area contributed by atoms with Crippen LogP contribution in [0.25, 0.3) is 0 Å². The number of nitrogens with one attached hydrogen (secondary N) is 1. The number of amides is 2. The van der Waals surface area contributed by atoms with Crippen LogP contribution in [0.1, 0.15) is 0 Å². The van der Waals surface area contributed by atoms with Crippen molar-refractivity contribution in [2.24, 2.45) is 5.73 Å². The van der Waals surface area contributed by atoms with Gasteiger partial charge in [-0.1, -0.05) is 0 Å². The van der Waals surface area contributed by atoms with Gasteiger partial charge >= 0.3 is 6.09 Å². The lowest BCUT2D eigenvalue weighted by molar-refractivity contribution is -0.123. The Hall–Kier alpha value is -2.44. The third kappa shape index (κ3) is 5.59. The number of nitrogen functional groups attached to an aromatic ring is 1. The van der Waals surface area contributed by atoms with Crippen molar-refractivity contribution in [1.29, 1.82) is 0 Å². The van der Waals surface area contributed by atoms with Crippen molar-refractivity contribution in [2.75, 3.05) is 25.5 Å². The first-order valence-electron chi connectivity index (χ1n) is 5.25. The van der Waals surface area contributed by atoms with E-state index in [0.29, 0.717) is 11.4 Å². The third-order valence-electron chi connectivity index (χ3n) is 1.92. The predicted molar refractivity (Wildman–Crippen MR) is 64.9 cm³/mol. The molecular weight excluding hydrogens is 238 g/mol. The first kappa shape index (κ1) is 13.6. The van der Waals surface area contributed by atoms with E-state index in [2.05, 4.69) is 10.1 Å². The van der Waals surface area contributed by atoms with Gasteiger partial charge in [-0.3, -0.25) is 4.79 Å². The fraction of sp³-hybridized carbons (Fsp3) is 0.273. The molecule has 0 aliphatic carbocycles. The Morgan fingerprint density at radius 1 is 1.22 bits per heavy atom. The van der Waals surface area contributed by atoms with Crippen LogP contribution in [0, 0.1) is 0 Å². The number of nitrogens with two attached hydrogens (primary N) is 2. The Labute approximate surface area is 104 Å². The van der Waals surface area contributed by atoms with Crippen molar-refractivity contribution in [3.05, 3.63) is 24.3 Å². The summed E-state index contributed by atoms with van der Waals surface area (Å²) in [6.45, 7) is 0.0936. The number of primary amides is 1. The van der Waals surface area contributed by atoms with Gasteiger partial charge in [-0.2, -0.15) is 0 Å². The Morgan fingerprint density at radius 2 is 1.89 bits per heavy atom. The summed E-state index contributed by atoms with van der Waals surface area (Å²) in [6.07, 6.45) is -0.873. The maximum absolute atomic E-state index is 11.3. The molecule has 0 heterocycles. The molecule has 0 spiro atoms. The van der Waals surface area contributed by atoms with Crippen molar-refractivity contribution < 1.29 is 19.1 Å². The molecule has 2 amide bonds. The van der Waals surface area contributed by atoms with Gasteiger partial charge in [0.15, 0.2) is 6.61 Å². The highest BCUT2D eigenvalue weighted by atomic mass is 16.5. The number of hydrogen-bond acceptors (Lipinski definition) is 5. The summed E-state index contributed by atoms with van der Waals surface area (Å²) >= 11 is 0. The maximum atomic E-state index is 11.3. The number of carbonyl (C=O) groups is 2.